The average Bonchev–Trinajstić information content (AvgIpc) is 3.34. The number of benzene rings is 1. The lowest BCUT2D eigenvalue weighted by Crippen LogP contribution is -2.31. The van der Waals surface area contributed by atoms with E-state index in [0.717, 1.165) is 55.5 Å². The first-order valence-electron chi connectivity index (χ1n) is 9.35. The Bertz CT molecular complexity index is 800. The highest BCUT2D eigenvalue weighted by Gasteiger charge is 2.33. The van der Waals surface area contributed by atoms with Crippen molar-refractivity contribution in [3.05, 3.63) is 40.4 Å². The monoisotopic (exact) mass is 371 g/mol. The maximum Gasteiger partial charge on any atom is 0.225 e. The molecule has 4 rings (SSSR count). The van der Waals surface area contributed by atoms with E-state index < -0.39 is 0 Å². The van der Waals surface area contributed by atoms with Gasteiger partial charge in [0.15, 0.2) is 5.13 Å². The van der Waals surface area contributed by atoms with Crippen LogP contribution in [0.4, 0.5) is 5.13 Å². The van der Waals surface area contributed by atoms with Gasteiger partial charge in [0, 0.05) is 38.0 Å². The summed E-state index contributed by atoms with van der Waals surface area (Å²) in [6.07, 6.45) is 3.25. The third-order valence-corrected chi connectivity index (χ3v) is 5.85. The van der Waals surface area contributed by atoms with E-state index >= 15 is 0 Å². The summed E-state index contributed by atoms with van der Waals surface area (Å²) in [6, 6.07) is 6.80. The minimum atomic E-state index is 0.101. The summed E-state index contributed by atoms with van der Waals surface area (Å²) in [7, 11) is 0. The largest absolute Gasteiger partial charge is 0.494 e. The lowest BCUT2D eigenvalue weighted by molar-refractivity contribution is -0.116. The number of hydrogen-bond donors (Lipinski definition) is 0. The Morgan fingerprint density at radius 1 is 1.38 bits per heavy atom. The summed E-state index contributed by atoms with van der Waals surface area (Å²) in [5, 5.41) is 2.95. The maximum atomic E-state index is 11.9. The Morgan fingerprint density at radius 2 is 2.23 bits per heavy atom. The van der Waals surface area contributed by atoms with E-state index in [0.29, 0.717) is 12.6 Å². The Morgan fingerprint density at radius 3 is 2.96 bits per heavy atom. The second-order valence-corrected chi connectivity index (χ2v) is 7.90. The molecule has 26 heavy (non-hydrogen) atoms. The number of anilines is 1. The van der Waals surface area contributed by atoms with Crippen LogP contribution >= 0.6 is 11.3 Å². The van der Waals surface area contributed by atoms with Crippen molar-refractivity contribution in [3.63, 3.8) is 0 Å². The summed E-state index contributed by atoms with van der Waals surface area (Å²) < 4.78 is 5.64. The first-order valence-corrected chi connectivity index (χ1v) is 10.2. The molecule has 1 aliphatic heterocycles. The zero-order chi connectivity index (χ0) is 18.1. The van der Waals surface area contributed by atoms with Crippen molar-refractivity contribution < 1.29 is 9.53 Å². The van der Waals surface area contributed by atoms with E-state index in [1.807, 2.05) is 11.8 Å². The number of thiazole rings is 1. The summed E-state index contributed by atoms with van der Waals surface area (Å²) in [6.45, 7) is 7.12. The fraction of sp³-hybridized carbons (Fsp3) is 0.500. The molecular weight excluding hydrogens is 346 g/mol. The van der Waals surface area contributed by atoms with Gasteiger partial charge in [-0.3, -0.25) is 14.6 Å². The van der Waals surface area contributed by atoms with E-state index in [9.17, 15) is 4.79 Å². The lowest BCUT2D eigenvalue weighted by atomic mass is 9.99. The highest BCUT2D eigenvalue weighted by atomic mass is 32.1. The van der Waals surface area contributed by atoms with Crippen LogP contribution < -0.4 is 9.64 Å². The number of carbonyl (C=O) groups is 1. The zero-order valence-electron chi connectivity index (χ0n) is 15.4. The van der Waals surface area contributed by atoms with Crippen LogP contribution in [0.1, 0.15) is 43.5 Å². The maximum absolute atomic E-state index is 11.9. The van der Waals surface area contributed by atoms with Crippen LogP contribution in [0, 0.1) is 0 Å². The summed E-state index contributed by atoms with van der Waals surface area (Å²) in [4.78, 5) is 21.0. The molecule has 0 bridgehead atoms. The number of nitrogens with zero attached hydrogens (tertiary/aromatic N) is 3. The molecule has 2 aliphatic rings. The van der Waals surface area contributed by atoms with Crippen molar-refractivity contribution in [1.82, 2.24) is 9.88 Å². The number of fused-ring (bicyclic) bond motifs is 1. The average molecular weight is 372 g/mol. The quantitative estimate of drug-likeness (QED) is 0.778. The molecule has 1 aromatic carbocycles. The minimum Gasteiger partial charge on any atom is -0.494 e. The smallest absolute Gasteiger partial charge is 0.225 e. The first-order chi connectivity index (χ1) is 12.6. The van der Waals surface area contributed by atoms with Gasteiger partial charge < -0.3 is 4.74 Å². The molecule has 1 aromatic heterocycles. The lowest BCUT2D eigenvalue weighted by Gasteiger charge is -2.28. The van der Waals surface area contributed by atoms with E-state index in [4.69, 9.17) is 9.72 Å². The molecule has 0 spiro atoms. The number of aromatic nitrogens is 1. The Labute approximate surface area is 158 Å². The SMILES string of the molecule is CCOc1ccc2c(c1)CN(Cc1csc(N(C(C)=O)C3CC3)n1)CC2. The van der Waals surface area contributed by atoms with Gasteiger partial charge in [-0.15, -0.1) is 11.3 Å². The standard InChI is InChI=1S/C20H25N3O2S/c1-3-25-19-7-4-15-8-9-22(11-16(15)10-19)12-17-13-26-20(21-17)23(14(2)24)18-5-6-18/h4,7,10,13,18H,3,5-6,8-9,11-12H2,1-2H3. The first kappa shape index (κ1) is 17.5. The molecule has 0 atom stereocenters. The van der Waals surface area contributed by atoms with Crippen molar-refractivity contribution in [2.75, 3.05) is 18.1 Å². The normalized spacial score (nSPS) is 17.0. The van der Waals surface area contributed by atoms with Gasteiger partial charge in [-0.05, 0) is 49.4 Å². The molecular formula is C20H25N3O2S. The number of hydrogen-bond acceptors (Lipinski definition) is 5. The van der Waals surface area contributed by atoms with Gasteiger partial charge in [0.2, 0.25) is 5.91 Å². The summed E-state index contributed by atoms with van der Waals surface area (Å²) >= 11 is 1.58. The summed E-state index contributed by atoms with van der Waals surface area (Å²) in [5.74, 6) is 1.05. The highest BCUT2D eigenvalue weighted by molar-refractivity contribution is 7.14. The zero-order valence-corrected chi connectivity index (χ0v) is 16.2. The molecule has 1 aliphatic carbocycles. The van der Waals surface area contributed by atoms with Crippen molar-refractivity contribution in [3.8, 4) is 5.75 Å². The second-order valence-electron chi connectivity index (χ2n) is 7.07. The van der Waals surface area contributed by atoms with Crippen LogP contribution in [0.25, 0.3) is 0 Å². The van der Waals surface area contributed by atoms with Gasteiger partial charge in [0.25, 0.3) is 0 Å². The minimum absolute atomic E-state index is 0.101. The second kappa shape index (κ2) is 7.37. The molecule has 2 heterocycles. The van der Waals surface area contributed by atoms with Crippen molar-refractivity contribution in [2.45, 2.75) is 52.2 Å². The third kappa shape index (κ3) is 3.76. The molecule has 1 saturated carbocycles. The fourth-order valence-electron chi connectivity index (χ4n) is 3.57. The van der Waals surface area contributed by atoms with Gasteiger partial charge in [-0.25, -0.2) is 4.98 Å². The van der Waals surface area contributed by atoms with E-state index in [-0.39, 0.29) is 5.91 Å². The molecule has 0 radical (unpaired) electrons. The van der Waals surface area contributed by atoms with Crippen LogP contribution in [-0.2, 0) is 24.3 Å². The number of ether oxygens (including phenoxy) is 1. The van der Waals surface area contributed by atoms with Crippen LogP contribution in [-0.4, -0.2) is 35.0 Å². The molecule has 0 N–H and O–H groups in total. The van der Waals surface area contributed by atoms with Crippen LogP contribution in [0.2, 0.25) is 0 Å². The Balaban J connectivity index is 1.44. The van der Waals surface area contributed by atoms with E-state index in [2.05, 4.69) is 28.5 Å². The van der Waals surface area contributed by atoms with Gasteiger partial charge in [0.05, 0.1) is 12.3 Å². The molecule has 6 heteroatoms. The van der Waals surface area contributed by atoms with E-state index in [1.165, 1.54) is 11.1 Å². The Hall–Kier alpha value is -1.92. The predicted molar refractivity (Wildman–Crippen MR) is 104 cm³/mol. The molecule has 0 unspecified atom stereocenters. The van der Waals surface area contributed by atoms with Gasteiger partial charge in [0.1, 0.15) is 5.75 Å². The third-order valence-electron chi connectivity index (χ3n) is 4.96. The molecule has 5 nitrogen and oxygen atoms in total. The van der Waals surface area contributed by atoms with Crippen molar-refractivity contribution >= 4 is 22.4 Å². The topological polar surface area (TPSA) is 45.7 Å². The molecule has 138 valence electrons. The highest BCUT2D eigenvalue weighted by Crippen LogP contribution is 2.34. The molecule has 0 saturated heterocycles. The van der Waals surface area contributed by atoms with Gasteiger partial charge in [-0.2, -0.15) is 0 Å². The summed E-state index contributed by atoms with van der Waals surface area (Å²) in [5.41, 5.74) is 3.82. The van der Waals surface area contributed by atoms with Crippen molar-refractivity contribution in [1.29, 1.82) is 0 Å². The van der Waals surface area contributed by atoms with Crippen LogP contribution in [0.3, 0.4) is 0 Å². The van der Waals surface area contributed by atoms with Gasteiger partial charge >= 0.3 is 0 Å². The molecule has 2 aromatic rings. The van der Waals surface area contributed by atoms with E-state index in [1.54, 1.807) is 18.3 Å². The number of amides is 1. The van der Waals surface area contributed by atoms with Gasteiger partial charge in [-0.1, -0.05) is 6.07 Å². The van der Waals surface area contributed by atoms with Crippen LogP contribution in [0.15, 0.2) is 23.6 Å². The number of rotatable bonds is 6. The predicted octanol–water partition coefficient (Wildman–Crippen LogP) is 3.62. The Kier molecular flexibility index (Phi) is 4.96. The van der Waals surface area contributed by atoms with Crippen molar-refractivity contribution in [2.24, 2.45) is 0 Å². The van der Waals surface area contributed by atoms with Crippen LogP contribution in [0.5, 0.6) is 5.75 Å². The number of carbonyl (C=O) groups excluding carboxylic acids is 1. The molecule has 1 amide bonds. The molecule has 1 fully saturated rings. The fourth-order valence-corrected chi connectivity index (χ4v) is 4.50.